The summed E-state index contributed by atoms with van der Waals surface area (Å²) >= 11 is 0. The maximum Gasteiger partial charge on any atom is 0.295 e. The molecule has 1 saturated heterocycles. The molecule has 4 rings (SSSR count). The third-order valence-electron chi connectivity index (χ3n) is 5.53. The molecule has 0 saturated carbocycles. The molecule has 0 bridgehead atoms. The third kappa shape index (κ3) is 4.30. The van der Waals surface area contributed by atoms with E-state index in [2.05, 4.69) is 4.98 Å². The molecule has 2 heterocycles. The van der Waals surface area contributed by atoms with Gasteiger partial charge in [-0.25, -0.2) is 9.37 Å². The number of aliphatic hydroxyl groups is 1. The minimum Gasteiger partial charge on any atom is -0.508 e. The van der Waals surface area contributed by atoms with E-state index in [9.17, 15) is 24.2 Å². The highest BCUT2D eigenvalue weighted by Gasteiger charge is 2.45. The number of likely N-dealkylation sites (tertiary alicyclic amines) is 1. The second kappa shape index (κ2) is 9.15. The van der Waals surface area contributed by atoms with Gasteiger partial charge in [-0.15, -0.1) is 0 Å². The van der Waals surface area contributed by atoms with Crippen LogP contribution in [0.4, 0.5) is 4.39 Å². The van der Waals surface area contributed by atoms with Crippen molar-refractivity contribution in [3.8, 4) is 11.5 Å². The highest BCUT2D eigenvalue weighted by atomic mass is 19.1. The summed E-state index contributed by atoms with van der Waals surface area (Å²) in [6, 6.07) is 8.97. The molecule has 1 aliphatic heterocycles. The number of methoxy groups -OCH3 is 1. The van der Waals surface area contributed by atoms with Crippen LogP contribution in [0.2, 0.25) is 0 Å². The summed E-state index contributed by atoms with van der Waals surface area (Å²) < 4.78 is 21.0. The number of aromatic nitrogens is 2. The molecule has 1 unspecified atom stereocenters. The van der Waals surface area contributed by atoms with Crippen molar-refractivity contribution < 1.29 is 28.9 Å². The maximum atomic E-state index is 14.3. The fourth-order valence-corrected chi connectivity index (χ4v) is 3.96. The number of aromatic hydroxyl groups is 1. The molecule has 33 heavy (non-hydrogen) atoms. The number of rotatable bonds is 7. The van der Waals surface area contributed by atoms with Crippen molar-refractivity contribution in [2.45, 2.75) is 19.0 Å². The number of phenols is 1. The predicted octanol–water partition coefficient (Wildman–Crippen LogP) is 3.25. The molecule has 0 spiro atoms. The highest BCUT2D eigenvalue weighted by molar-refractivity contribution is 6.46. The van der Waals surface area contributed by atoms with Crippen LogP contribution in [0.1, 0.15) is 23.6 Å². The molecule has 1 atom stereocenters. The summed E-state index contributed by atoms with van der Waals surface area (Å²) in [5, 5.41) is 21.0. The number of aliphatic hydroxyl groups excluding tert-OH is 1. The predicted molar refractivity (Wildman–Crippen MR) is 117 cm³/mol. The Morgan fingerprint density at radius 1 is 1.18 bits per heavy atom. The van der Waals surface area contributed by atoms with Crippen molar-refractivity contribution in [1.82, 2.24) is 14.5 Å². The van der Waals surface area contributed by atoms with Crippen molar-refractivity contribution >= 4 is 17.4 Å². The van der Waals surface area contributed by atoms with Gasteiger partial charge in [0.1, 0.15) is 11.5 Å². The zero-order chi connectivity index (χ0) is 23.5. The van der Waals surface area contributed by atoms with Gasteiger partial charge in [-0.3, -0.25) is 9.59 Å². The molecule has 1 fully saturated rings. The van der Waals surface area contributed by atoms with E-state index in [0.29, 0.717) is 18.5 Å². The zero-order valence-corrected chi connectivity index (χ0v) is 17.8. The normalized spacial score (nSPS) is 17.5. The van der Waals surface area contributed by atoms with Crippen molar-refractivity contribution in [3.05, 3.63) is 83.7 Å². The molecule has 3 aromatic rings. The Bertz CT molecular complexity index is 1220. The van der Waals surface area contributed by atoms with Gasteiger partial charge >= 0.3 is 0 Å². The van der Waals surface area contributed by atoms with Crippen LogP contribution in [0.5, 0.6) is 11.5 Å². The van der Waals surface area contributed by atoms with Gasteiger partial charge < -0.3 is 24.4 Å². The number of ketones is 1. The van der Waals surface area contributed by atoms with E-state index in [1.54, 1.807) is 30.9 Å². The number of Topliss-reactive ketones (excluding diaryl/α,β-unsaturated/α-hetero) is 1. The molecular weight excluding hydrogens is 429 g/mol. The Morgan fingerprint density at radius 3 is 2.67 bits per heavy atom. The molecule has 0 radical (unpaired) electrons. The zero-order valence-electron chi connectivity index (χ0n) is 17.8. The average molecular weight is 451 g/mol. The first-order valence-electron chi connectivity index (χ1n) is 10.3. The van der Waals surface area contributed by atoms with Gasteiger partial charge in [0.05, 0.1) is 25.1 Å². The van der Waals surface area contributed by atoms with Crippen LogP contribution in [0.3, 0.4) is 0 Å². The Balaban J connectivity index is 1.75. The minimum atomic E-state index is -0.940. The van der Waals surface area contributed by atoms with Gasteiger partial charge in [-0.05, 0) is 42.3 Å². The second-order valence-electron chi connectivity index (χ2n) is 7.59. The lowest BCUT2D eigenvalue weighted by Gasteiger charge is -2.25. The Kier molecular flexibility index (Phi) is 6.12. The summed E-state index contributed by atoms with van der Waals surface area (Å²) in [4.78, 5) is 31.3. The Hall–Kier alpha value is -4.14. The number of hydrogen-bond acceptors (Lipinski definition) is 6. The van der Waals surface area contributed by atoms with E-state index in [-0.39, 0.29) is 29.2 Å². The largest absolute Gasteiger partial charge is 0.508 e. The van der Waals surface area contributed by atoms with Crippen LogP contribution in [0.25, 0.3) is 5.76 Å². The van der Waals surface area contributed by atoms with Gasteiger partial charge in [0, 0.05) is 31.0 Å². The molecular formula is C24H22FN3O5. The lowest BCUT2D eigenvalue weighted by Crippen LogP contribution is -2.31. The van der Waals surface area contributed by atoms with Crippen LogP contribution in [0.15, 0.2) is 66.8 Å². The SMILES string of the molecule is COc1ccc(/C(O)=C2\C(=O)C(=O)N(CCCn3ccnc3)C2c2cccc(O)c2)cc1F. The summed E-state index contributed by atoms with van der Waals surface area (Å²) in [5.41, 5.74) is 0.319. The van der Waals surface area contributed by atoms with Gasteiger partial charge in [0.25, 0.3) is 11.7 Å². The van der Waals surface area contributed by atoms with Crippen LogP contribution in [-0.4, -0.2) is 50.0 Å². The number of carbonyl (C=O) groups is 2. The third-order valence-corrected chi connectivity index (χ3v) is 5.53. The minimum absolute atomic E-state index is 0.0176. The van der Waals surface area contributed by atoms with Crippen LogP contribution in [-0.2, 0) is 16.1 Å². The number of amides is 1. The number of phenolic OH excluding ortho intramolecular Hbond substituents is 1. The molecule has 2 N–H and O–H groups in total. The standard InChI is InChI=1S/C24H22FN3O5/c1-33-19-7-6-16(13-18(19)25)22(30)20-21(15-4-2-5-17(29)12-15)28(24(32)23(20)31)10-3-9-27-11-8-26-14-27/h2,4-8,11-14,21,29-30H,3,9-10H2,1H3/b22-20+. The van der Waals surface area contributed by atoms with Gasteiger partial charge in [0.2, 0.25) is 0 Å². The lowest BCUT2D eigenvalue weighted by molar-refractivity contribution is -0.139. The second-order valence-corrected chi connectivity index (χ2v) is 7.59. The number of benzene rings is 2. The molecule has 0 aliphatic carbocycles. The van der Waals surface area contributed by atoms with E-state index >= 15 is 0 Å². The summed E-state index contributed by atoms with van der Waals surface area (Å²) in [6.07, 6.45) is 5.61. The van der Waals surface area contributed by atoms with Gasteiger partial charge in [-0.2, -0.15) is 0 Å². The van der Waals surface area contributed by atoms with Crippen LogP contribution in [0, 0.1) is 5.82 Å². The van der Waals surface area contributed by atoms with E-state index < -0.39 is 29.3 Å². The number of ether oxygens (including phenoxy) is 1. The first-order valence-corrected chi connectivity index (χ1v) is 10.3. The van der Waals surface area contributed by atoms with Crippen molar-refractivity contribution in [2.24, 2.45) is 0 Å². The first kappa shape index (κ1) is 22.1. The van der Waals surface area contributed by atoms with E-state index in [4.69, 9.17) is 4.74 Å². The van der Waals surface area contributed by atoms with E-state index in [0.717, 1.165) is 6.07 Å². The van der Waals surface area contributed by atoms with Crippen molar-refractivity contribution in [3.63, 3.8) is 0 Å². The molecule has 1 aliphatic rings. The summed E-state index contributed by atoms with van der Waals surface area (Å²) in [7, 11) is 1.31. The van der Waals surface area contributed by atoms with Gasteiger partial charge in [-0.1, -0.05) is 12.1 Å². The van der Waals surface area contributed by atoms with Gasteiger partial charge in [0.15, 0.2) is 11.6 Å². The van der Waals surface area contributed by atoms with E-state index in [1.165, 1.54) is 36.3 Å². The van der Waals surface area contributed by atoms with Crippen LogP contribution < -0.4 is 4.74 Å². The molecule has 2 aromatic carbocycles. The first-order chi connectivity index (χ1) is 15.9. The molecule has 9 heteroatoms. The Morgan fingerprint density at radius 2 is 2.00 bits per heavy atom. The summed E-state index contributed by atoms with van der Waals surface area (Å²) in [6.45, 7) is 0.788. The number of halogens is 1. The quantitative estimate of drug-likeness (QED) is 0.325. The number of aryl methyl sites for hydroxylation is 1. The van der Waals surface area contributed by atoms with Crippen LogP contribution >= 0.6 is 0 Å². The fraction of sp³-hybridized carbons (Fsp3) is 0.208. The smallest absolute Gasteiger partial charge is 0.295 e. The topological polar surface area (TPSA) is 105 Å². The lowest BCUT2D eigenvalue weighted by atomic mass is 9.95. The maximum absolute atomic E-state index is 14.3. The fourth-order valence-electron chi connectivity index (χ4n) is 3.96. The number of imidazole rings is 1. The van der Waals surface area contributed by atoms with Crippen molar-refractivity contribution in [2.75, 3.05) is 13.7 Å². The molecule has 8 nitrogen and oxygen atoms in total. The molecule has 1 aromatic heterocycles. The molecule has 170 valence electrons. The number of nitrogens with zero attached hydrogens (tertiary/aromatic N) is 3. The highest BCUT2D eigenvalue weighted by Crippen LogP contribution is 2.40. The van der Waals surface area contributed by atoms with E-state index in [1.807, 2.05) is 4.57 Å². The van der Waals surface area contributed by atoms with Crippen molar-refractivity contribution in [1.29, 1.82) is 0 Å². The number of carbonyl (C=O) groups excluding carboxylic acids is 2. The monoisotopic (exact) mass is 451 g/mol. The summed E-state index contributed by atoms with van der Waals surface area (Å²) in [5.74, 6) is -2.93. The number of hydrogen-bond donors (Lipinski definition) is 2. The molecule has 1 amide bonds. The average Bonchev–Trinajstić information content (AvgIpc) is 3.41. The Labute approximate surface area is 189 Å².